The lowest BCUT2D eigenvalue weighted by molar-refractivity contribution is -0.150. The number of rotatable bonds is 5. The molecule has 0 N–H and O–H groups in total. The third-order valence-electron chi connectivity index (χ3n) is 3.75. The van der Waals surface area contributed by atoms with Gasteiger partial charge in [-0.3, -0.25) is 5.01 Å². The van der Waals surface area contributed by atoms with E-state index >= 15 is 0 Å². The molecule has 3 rings (SSSR count). The number of carbonyl (C=O) groups excluding carboxylic acids is 1. The van der Waals surface area contributed by atoms with Crippen molar-refractivity contribution in [2.75, 3.05) is 6.54 Å². The SMILES string of the molecule is O=C(OCc1ccccc1)[C@@H]1CCCN1N=Nc1ccccc1. The monoisotopic (exact) mass is 309 g/mol. The van der Waals surface area contributed by atoms with Crippen LogP contribution in [0.25, 0.3) is 0 Å². The molecule has 0 aromatic heterocycles. The molecule has 23 heavy (non-hydrogen) atoms. The third-order valence-corrected chi connectivity index (χ3v) is 3.75. The van der Waals surface area contributed by atoms with E-state index in [1.807, 2.05) is 60.7 Å². The van der Waals surface area contributed by atoms with Crippen LogP contribution < -0.4 is 0 Å². The Morgan fingerprint density at radius 1 is 1.09 bits per heavy atom. The van der Waals surface area contributed by atoms with E-state index < -0.39 is 0 Å². The molecule has 1 aliphatic heterocycles. The van der Waals surface area contributed by atoms with Crippen molar-refractivity contribution < 1.29 is 9.53 Å². The summed E-state index contributed by atoms with van der Waals surface area (Å²) in [6, 6.07) is 18.8. The van der Waals surface area contributed by atoms with E-state index in [2.05, 4.69) is 10.3 Å². The van der Waals surface area contributed by atoms with Gasteiger partial charge in [0.05, 0.1) is 5.69 Å². The molecule has 0 amide bonds. The second kappa shape index (κ2) is 7.54. The van der Waals surface area contributed by atoms with E-state index in [-0.39, 0.29) is 12.0 Å². The van der Waals surface area contributed by atoms with Crippen LogP contribution in [0.5, 0.6) is 0 Å². The van der Waals surface area contributed by atoms with Gasteiger partial charge in [-0.05, 0) is 30.5 Å². The van der Waals surface area contributed by atoms with E-state index in [4.69, 9.17) is 4.74 Å². The zero-order valence-electron chi connectivity index (χ0n) is 12.8. The maximum Gasteiger partial charge on any atom is 0.330 e. The van der Waals surface area contributed by atoms with Gasteiger partial charge in [0.15, 0.2) is 0 Å². The lowest BCUT2D eigenvalue weighted by Crippen LogP contribution is -2.33. The van der Waals surface area contributed by atoms with E-state index in [9.17, 15) is 4.79 Å². The predicted octanol–water partition coefficient (Wildman–Crippen LogP) is 3.89. The van der Waals surface area contributed by atoms with Crippen LogP contribution in [0.2, 0.25) is 0 Å². The Bertz CT molecular complexity index is 658. The first-order valence-electron chi connectivity index (χ1n) is 7.77. The summed E-state index contributed by atoms with van der Waals surface area (Å²) in [6.07, 6.45) is 1.67. The molecule has 1 aliphatic rings. The molecule has 0 radical (unpaired) electrons. The summed E-state index contributed by atoms with van der Waals surface area (Å²) in [5, 5.41) is 10.1. The summed E-state index contributed by atoms with van der Waals surface area (Å²) in [6.45, 7) is 1.02. The van der Waals surface area contributed by atoms with Crippen LogP contribution >= 0.6 is 0 Å². The van der Waals surface area contributed by atoms with Crippen molar-refractivity contribution in [1.29, 1.82) is 0 Å². The number of benzene rings is 2. The molecule has 1 heterocycles. The molecule has 1 fully saturated rings. The summed E-state index contributed by atoms with van der Waals surface area (Å²) >= 11 is 0. The molecule has 0 unspecified atom stereocenters. The molecule has 5 heteroatoms. The quantitative estimate of drug-likeness (QED) is 0.622. The minimum Gasteiger partial charge on any atom is -0.459 e. The first-order valence-corrected chi connectivity index (χ1v) is 7.77. The van der Waals surface area contributed by atoms with Crippen LogP contribution in [0, 0.1) is 0 Å². The molecule has 118 valence electrons. The number of nitrogens with zero attached hydrogens (tertiary/aromatic N) is 3. The highest BCUT2D eigenvalue weighted by atomic mass is 16.5. The minimum absolute atomic E-state index is 0.238. The lowest BCUT2D eigenvalue weighted by Gasteiger charge is -2.18. The molecule has 0 saturated carbocycles. The van der Waals surface area contributed by atoms with Crippen LogP contribution in [-0.2, 0) is 16.1 Å². The van der Waals surface area contributed by atoms with Gasteiger partial charge < -0.3 is 4.74 Å². The van der Waals surface area contributed by atoms with Crippen molar-refractivity contribution in [2.24, 2.45) is 10.3 Å². The van der Waals surface area contributed by atoms with Gasteiger partial charge in [-0.1, -0.05) is 53.8 Å². The molecule has 2 aromatic rings. The summed E-state index contributed by atoms with van der Waals surface area (Å²) in [5.74, 6) is -0.238. The number of hydrogen-bond donors (Lipinski definition) is 0. The Kier molecular flexibility index (Phi) is 4.99. The molecular weight excluding hydrogens is 290 g/mol. The largest absolute Gasteiger partial charge is 0.459 e. The first-order chi connectivity index (χ1) is 11.3. The highest BCUT2D eigenvalue weighted by molar-refractivity contribution is 5.76. The van der Waals surface area contributed by atoms with Crippen molar-refractivity contribution in [3.8, 4) is 0 Å². The summed E-state index contributed by atoms with van der Waals surface area (Å²) in [5.41, 5.74) is 1.76. The Balaban J connectivity index is 1.57. The number of hydrogen-bond acceptors (Lipinski definition) is 4. The summed E-state index contributed by atoms with van der Waals surface area (Å²) in [7, 11) is 0. The fourth-order valence-electron chi connectivity index (χ4n) is 2.53. The Hall–Kier alpha value is -2.69. The van der Waals surface area contributed by atoms with Crippen molar-refractivity contribution >= 4 is 11.7 Å². The fraction of sp³-hybridized carbons (Fsp3) is 0.278. The highest BCUT2D eigenvalue weighted by Gasteiger charge is 2.31. The normalized spacial score (nSPS) is 17.6. The van der Waals surface area contributed by atoms with Gasteiger partial charge >= 0.3 is 5.97 Å². The number of esters is 1. The van der Waals surface area contributed by atoms with Gasteiger partial charge in [-0.15, -0.1) is 5.11 Å². The lowest BCUT2D eigenvalue weighted by atomic mass is 10.2. The summed E-state index contributed by atoms with van der Waals surface area (Å²) in [4.78, 5) is 12.3. The zero-order valence-corrected chi connectivity index (χ0v) is 12.8. The Morgan fingerprint density at radius 3 is 2.52 bits per heavy atom. The fourth-order valence-corrected chi connectivity index (χ4v) is 2.53. The third kappa shape index (κ3) is 4.16. The van der Waals surface area contributed by atoms with Crippen molar-refractivity contribution in [1.82, 2.24) is 5.01 Å². The van der Waals surface area contributed by atoms with Gasteiger partial charge in [0.25, 0.3) is 0 Å². The molecular formula is C18H19N3O2. The molecule has 5 nitrogen and oxygen atoms in total. The number of carbonyl (C=O) groups is 1. The Labute approximate surface area is 135 Å². The molecule has 0 bridgehead atoms. The second-order valence-corrected chi connectivity index (χ2v) is 5.44. The van der Waals surface area contributed by atoms with Gasteiger partial charge in [0, 0.05) is 6.54 Å². The first kappa shape index (κ1) is 15.2. The average molecular weight is 309 g/mol. The van der Waals surface area contributed by atoms with Crippen LogP contribution in [0.4, 0.5) is 5.69 Å². The smallest absolute Gasteiger partial charge is 0.330 e. The summed E-state index contributed by atoms with van der Waals surface area (Å²) < 4.78 is 5.41. The maximum absolute atomic E-state index is 12.3. The van der Waals surface area contributed by atoms with Crippen LogP contribution in [0.15, 0.2) is 71.0 Å². The van der Waals surface area contributed by atoms with E-state index in [1.54, 1.807) is 5.01 Å². The van der Waals surface area contributed by atoms with Gasteiger partial charge in [0.1, 0.15) is 12.6 Å². The zero-order chi connectivity index (χ0) is 15.9. The van der Waals surface area contributed by atoms with Gasteiger partial charge in [0.2, 0.25) is 0 Å². The molecule has 0 spiro atoms. The minimum atomic E-state index is -0.342. The van der Waals surface area contributed by atoms with Crippen molar-refractivity contribution in [2.45, 2.75) is 25.5 Å². The number of ether oxygens (including phenoxy) is 1. The standard InChI is InChI=1S/C18H19N3O2/c22-18(23-14-15-8-3-1-4-9-15)17-12-7-13-21(17)20-19-16-10-5-2-6-11-16/h1-6,8-11,17H,7,12-14H2/t17-/m0/s1. The average Bonchev–Trinajstić information content (AvgIpc) is 3.08. The maximum atomic E-state index is 12.3. The molecule has 1 saturated heterocycles. The van der Waals surface area contributed by atoms with E-state index in [1.165, 1.54) is 0 Å². The van der Waals surface area contributed by atoms with Gasteiger partial charge in [-0.2, -0.15) is 0 Å². The predicted molar refractivity (Wildman–Crippen MR) is 86.9 cm³/mol. The molecule has 1 atom stereocenters. The van der Waals surface area contributed by atoms with Crippen LogP contribution in [0.1, 0.15) is 18.4 Å². The highest BCUT2D eigenvalue weighted by Crippen LogP contribution is 2.21. The van der Waals surface area contributed by atoms with Gasteiger partial charge in [-0.25, -0.2) is 4.79 Å². The van der Waals surface area contributed by atoms with Crippen LogP contribution in [0.3, 0.4) is 0 Å². The second-order valence-electron chi connectivity index (χ2n) is 5.44. The van der Waals surface area contributed by atoms with Crippen molar-refractivity contribution in [3.63, 3.8) is 0 Å². The van der Waals surface area contributed by atoms with E-state index in [0.29, 0.717) is 6.61 Å². The molecule has 2 aromatic carbocycles. The molecule has 0 aliphatic carbocycles. The van der Waals surface area contributed by atoms with Crippen LogP contribution in [-0.4, -0.2) is 23.6 Å². The Morgan fingerprint density at radius 2 is 1.78 bits per heavy atom. The van der Waals surface area contributed by atoms with E-state index in [0.717, 1.165) is 30.6 Å². The van der Waals surface area contributed by atoms with Crippen molar-refractivity contribution in [3.05, 3.63) is 66.2 Å². The topological polar surface area (TPSA) is 54.3 Å².